The van der Waals surface area contributed by atoms with E-state index in [9.17, 15) is 8.42 Å². The van der Waals surface area contributed by atoms with Gasteiger partial charge in [0, 0.05) is 17.7 Å². The van der Waals surface area contributed by atoms with Crippen molar-refractivity contribution in [3.8, 4) is 17.1 Å². The summed E-state index contributed by atoms with van der Waals surface area (Å²) in [6.45, 7) is 5.69. The van der Waals surface area contributed by atoms with Gasteiger partial charge < -0.3 is 9.26 Å². The second-order valence-corrected chi connectivity index (χ2v) is 8.11. The van der Waals surface area contributed by atoms with Gasteiger partial charge in [-0.3, -0.25) is 0 Å². The van der Waals surface area contributed by atoms with Crippen molar-refractivity contribution < 1.29 is 17.7 Å². The van der Waals surface area contributed by atoms with Gasteiger partial charge in [0.05, 0.1) is 17.7 Å². The quantitative estimate of drug-likeness (QED) is 0.698. The van der Waals surface area contributed by atoms with Crippen molar-refractivity contribution in [2.24, 2.45) is 0 Å². The average molecular weight is 386 g/mol. The Morgan fingerprint density at radius 2 is 1.89 bits per heavy atom. The number of nitrogens with one attached hydrogen (secondary N) is 1. The van der Waals surface area contributed by atoms with Crippen LogP contribution in [0.25, 0.3) is 11.3 Å². The van der Waals surface area contributed by atoms with Crippen molar-refractivity contribution >= 4 is 10.0 Å². The molecule has 7 heteroatoms. The van der Waals surface area contributed by atoms with Gasteiger partial charge in [-0.2, -0.15) is 0 Å². The molecular formula is C20H22N2O4S. The smallest absolute Gasteiger partial charge is 0.241 e. The second kappa shape index (κ2) is 7.54. The van der Waals surface area contributed by atoms with Gasteiger partial charge in [-0.05, 0) is 50.1 Å². The van der Waals surface area contributed by atoms with Crippen LogP contribution in [0, 0.1) is 20.8 Å². The van der Waals surface area contributed by atoms with E-state index in [2.05, 4.69) is 9.88 Å². The molecule has 27 heavy (non-hydrogen) atoms. The second-order valence-electron chi connectivity index (χ2n) is 6.38. The molecule has 0 bridgehead atoms. The van der Waals surface area contributed by atoms with Crippen LogP contribution >= 0.6 is 0 Å². The van der Waals surface area contributed by atoms with Gasteiger partial charge in [-0.1, -0.05) is 29.4 Å². The number of sulfonamides is 1. The standard InChI is InChI=1S/C20H22N2O4S/c1-13-8-9-17(20-14(2)15(3)22-26-20)11-19(13)27(23,24)21-12-16-6-5-7-18(10-16)25-4/h5-11,21H,12H2,1-4H3. The summed E-state index contributed by atoms with van der Waals surface area (Å²) in [6, 6.07) is 12.5. The average Bonchev–Trinajstić information content (AvgIpc) is 2.99. The highest BCUT2D eigenvalue weighted by Gasteiger charge is 2.20. The SMILES string of the molecule is COc1cccc(CNS(=O)(=O)c2cc(-c3onc(C)c3C)ccc2C)c1. The predicted octanol–water partition coefficient (Wildman–Crippen LogP) is 3.75. The van der Waals surface area contributed by atoms with E-state index in [0.29, 0.717) is 22.6 Å². The predicted molar refractivity (Wildman–Crippen MR) is 103 cm³/mol. The third kappa shape index (κ3) is 4.04. The molecule has 0 unspecified atom stereocenters. The molecule has 0 radical (unpaired) electrons. The van der Waals surface area contributed by atoms with Crippen LogP contribution in [-0.4, -0.2) is 20.7 Å². The minimum atomic E-state index is -3.70. The van der Waals surface area contributed by atoms with Crippen molar-refractivity contribution in [2.45, 2.75) is 32.2 Å². The molecule has 0 atom stereocenters. The molecule has 0 saturated heterocycles. The lowest BCUT2D eigenvalue weighted by Crippen LogP contribution is -2.24. The summed E-state index contributed by atoms with van der Waals surface area (Å²) >= 11 is 0. The number of aromatic nitrogens is 1. The number of methoxy groups -OCH3 is 1. The Labute approximate surface area is 159 Å². The fourth-order valence-electron chi connectivity index (χ4n) is 2.75. The molecule has 0 aliphatic heterocycles. The lowest BCUT2D eigenvalue weighted by molar-refractivity contribution is 0.414. The Bertz CT molecular complexity index is 1070. The van der Waals surface area contributed by atoms with Gasteiger partial charge in [0.2, 0.25) is 10.0 Å². The van der Waals surface area contributed by atoms with Gasteiger partial charge in [0.25, 0.3) is 0 Å². The molecule has 3 rings (SSSR count). The summed E-state index contributed by atoms with van der Waals surface area (Å²) in [5, 5.41) is 3.95. The molecule has 0 fully saturated rings. The third-order valence-electron chi connectivity index (χ3n) is 4.50. The zero-order valence-electron chi connectivity index (χ0n) is 15.7. The first kappa shape index (κ1) is 19.1. The van der Waals surface area contributed by atoms with Gasteiger partial charge >= 0.3 is 0 Å². The van der Waals surface area contributed by atoms with Crippen LogP contribution in [0.2, 0.25) is 0 Å². The molecule has 0 spiro atoms. The first-order chi connectivity index (χ1) is 12.8. The lowest BCUT2D eigenvalue weighted by Gasteiger charge is -2.11. The number of aryl methyl sites for hydroxylation is 2. The Kier molecular flexibility index (Phi) is 5.34. The van der Waals surface area contributed by atoms with E-state index >= 15 is 0 Å². The first-order valence-electron chi connectivity index (χ1n) is 8.48. The summed E-state index contributed by atoms with van der Waals surface area (Å²) in [6.07, 6.45) is 0. The van der Waals surface area contributed by atoms with Crippen LogP contribution in [0.3, 0.4) is 0 Å². The van der Waals surface area contributed by atoms with Crippen LogP contribution in [0.4, 0.5) is 0 Å². The van der Waals surface area contributed by atoms with Crippen LogP contribution in [0.15, 0.2) is 51.9 Å². The Balaban J connectivity index is 1.89. The van der Waals surface area contributed by atoms with E-state index < -0.39 is 10.0 Å². The molecule has 1 heterocycles. The Morgan fingerprint density at radius 1 is 1.11 bits per heavy atom. The molecule has 1 N–H and O–H groups in total. The first-order valence-corrected chi connectivity index (χ1v) is 9.96. The van der Waals surface area contributed by atoms with Crippen LogP contribution < -0.4 is 9.46 Å². The molecular weight excluding hydrogens is 364 g/mol. The molecule has 142 valence electrons. The molecule has 1 aromatic heterocycles. The van der Waals surface area contributed by atoms with Gasteiger partial charge in [-0.15, -0.1) is 0 Å². The van der Waals surface area contributed by atoms with Crippen LogP contribution in [0.1, 0.15) is 22.4 Å². The van der Waals surface area contributed by atoms with Crippen LogP contribution in [0.5, 0.6) is 5.75 Å². The fraction of sp³-hybridized carbons (Fsp3) is 0.250. The van der Waals surface area contributed by atoms with E-state index in [-0.39, 0.29) is 11.4 Å². The van der Waals surface area contributed by atoms with Crippen molar-refractivity contribution in [2.75, 3.05) is 7.11 Å². The highest BCUT2D eigenvalue weighted by atomic mass is 32.2. The topological polar surface area (TPSA) is 81.4 Å². The number of rotatable bonds is 6. The molecule has 2 aromatic carbocycles. The van der Waals surface area contributed by atoms with Gasteiger partial charge in [0.1, 0.15) is 5.75 Å². The zero-order valence-corrected chi connectivity index (χ0v) is 16.6. The minimum absolute atomic E-state index is 0.170. The highest BCUT2D eigenvalue weighted by Crippen LogP contribution is 2.29. The maximum absolute atomic E-state index is 12.9. The summed E-state index contributed by atoms with van der Waals surface area (Å²) in [5.74, 6) is 1.26. The van der Waals surface area contributed by atoms with Crippen LogP contribution in [-0.2, 0) is 16.6 Å². The number of ether oxygens (including phenoxy) is 1. The normalized spacial score (nSPS) is 11.6. The summed E-state index contributed by atoms with van der Waals surface area (Å²) in [5.41, 5.74) is 3.83. The van der Waals surface area contributed by atoms with E-state index in [1.54, 1.807) is 32.2 Å². The van der Waals surface area contributed by atoms with E-state index in [4.69, 9.17) is 9.26 Å². The molecule has 0 amide bonds. The van der Waals surface area contributed by atoms with Gasteiger partial charge in [0.15, 0.2) is 5.76 Å². The monoisotopic (exact) mass is 386 g/mol. The van der Waals surface area contributed by atoms with E-state index in [1.165, 1.54) is 0 Å². The zero-order chi connectivity index (χ0) is 19.6. The van der Waals surface area contributed by atoms with Crippen molar-refractivity contribution in [1.82, 2.24) is 9.88 Å². The van der Waals surface area contributed by atoms with Gasteiger partial charge in [-0.25, -0.2) is 13.1 Å². The van der Waals surface area contributed by atoms with Crippen molar-refractivity contribution in [3.05, 3.63) is 64.8 Å². The minimum Gasteiger partial charge on any atom is -0.497 e. The maximum atomic E-state index is 12.9. The number of benzene rings is 2. The summed E-state index contributed by atoms with van der Waals surface area (Å²) in [4.78, 5) is 0.219. The molecule has 0 saturated carbocycles. The summed E-state index contributed by atoms with van der Waals surface area (Å²) in [7, 11) is -2.12. The number of hydrogen-bond acceptors (Lipinski definition) is 5. The molecule has 0 aliphatic rings. The summed E-state index contributed by atoms with van der Waals surface area (Å²) < 4.78 is 38.9. The molecule has 0 aliphatic carbocycles. The van der Waals surface area contributed by atoms with E-state index in [0.717, 1.165) is 16.8 Å². The Morgan fingerprint density at radius 3 is 2.56 bits per heavy atom. The maximum Gasteiger partial charge on any atom is 0.241 e. The lowest BCUT2D eigenvalue weighted by atomic mass is 10.1. The van der Waals surface area contributed by atoms with Crippen molar-refractivity contribution in [3.63, 3.8) is 0 Å². The number of nitrogens with zero attached hydrogens (tertiary/aromatic N) is 1. The van der Waals surface area contributed by atoms with Crippen molar-refractivity contribution in [1.29, 1.82) is 0 Å². The fourth-order valence-corrected chi connectivity index (χ4v) is 4.04. The number of hydrogen-bond donors (Lipinski definition) is 1. The Hall–Kier alpha value is -2.64. The molecule has 6 nitrogen and oxygen atoms in total. The highest BCUT2D eigenvalue weighted by molar-refractivity contribution is 7.89. The third-order valence-corrected chi connectivity index (χ3v) is 6.04. The molecule has 3 aromatic rings. The largest absolute Gasteiger partial charge is 0.497 e. The van der Waals surface area contributed by atoms with E-state index in [1.807, 2.05) is 38.1 Å².